The predicted octanol–water partition coefficient (Wildman–Crippen LogP) is 3.75. The van der Waals surface area contributed by atoms with Crippen molar-refractivity contribution in [3.63, 3.8) is 0 Å². The smallest absolute Gasteiger partial charge is 0.271 e. The van der Waals surface area contributed by atoms with Crippen LogP contribution >= 0.6 is 11.6 Å². The van der Waals surface area contributed by atoms with Crippen molar-refractivity contribution >= 4 is 40.3 Å². The molecule has 23 heavy (non-hydrogen) atoms. The maximum atomic E-state index is 12.2. The van der Waals surface area contributed by atoms with Gasteiger partial charge in [0.1, 0.15) is 0 Å². The van der Waals surface area contributed by atoms with Crippen molar-refractivity contribution in [3.8, 4) is 0 Å². The van der Waals surface area contributed by atoms with Gasteiger partial charge in [-0.2, -0.15) is 0 Å². The van der Waals surface area contributed by atoms with E-state index in [-0.39, 0.29) is 11.6 Å². The zero-order valence-corrected chi connectivity index (χ0v) is 13.2. The maximum absolute atomic E-state index is 12.2. The van der Waals surface area contributed by atoms with E-state index in [9.17, 15) is 14.9 Å². The van der Waals surface area contributed by atoms with Crippen LogP contribution in [0.5, 0.6) is 0 Å². The van der Waals surface area contributed by atoms with E-state index < -0.39 is 4.92 Å². The van der Waals surface area contributed by atoms with Crippen molar-refractivity contribution in [2.24, 2.45) is 0 Å². The Morgan fingerprint density at radius 2 is 1.87 bits per heavy atom. The first kappa shape index (κ1) is 15.3. The topological polar surface area (TPSA) is 66.7 Å². The molecule has 0 atom stereocenters. The van der Waals surface area contributed by atoms with Gasteiger partial charge in [0.15, 0.2) is 0 Å². The molecule has 2 aromatic carbocycles. The van der Waals surface area contributed by atoms with Crippen LogP contribution < -0.4 is 9.80 Å². The van der Waals surface area contributed by atoms with Crippen LogP contribution in [0.15, 0.2) is 42.5 Å². The zero-order chi connectivity index (χ0) is 16.6. The fourth-order valence-electron chi connectivity index (χ4n) is 2.68. The molecule has 0 saturated heterocycles. The van der Waals surface area contributed by atoms with Crippen LogP contribution in [0.4, 0.5) is 22.7 Å². The summed E-state index contributed by atoms with van der Waals surface area (Å²) in [5.41, 5.74) is 1.92. The van der Waals surface area contributed by atoms with E-state index in [4.69, 9.17) is 11.6 Å². The molecule has 0 aromatic heterocycles. The minimum Gasteiger partial charge on any atom is -0.338 e. The summed E-state index contributed by atoms with van der Waals surface area (Å²) in [5.74, 6) is -0.0466. The van der Waals surface area contributed by atoms with Gasteiger partial charge in [0, 0.05) is 32.1 Å². The highest BCUT2D eigenvalue weighted by Gasteiger charge is 2.27. The number of hydrogen-bond acceptors (Lipinski definition) is 4. The summed E-state index contributed by atoms with van der Waals surface area (Å²) in [6.45, 7) is 0.404. The molecule has 0 unspecified atom stereocenters. The summed E-state index contributed by atoms with van der Waals surface area (Å²) >= 11 is 6.28. The highest BCUT2D eigenvalue weighted by molar-refractivity contribution is 6.33. The lowest BCUT2D eigenvalue weighted by Gasteiger charge is -2.26. The second-order valence-corrected chi connectivity index (χ2v) is 5.64. The van der Waals surface area contributed by atoms with Gasteiger partial charge in [-0.3, -0.25) is 14.9 Å². The minimum atomic E-state index is -0.447. The molecule has 0 aliphatic carbocycles. The largest absolute Gasteiger partial charge is 0.338 e. The fourth-order valence-corrected chi connectivity index (χ4v) is 2.91. The average Bonchev–Trinajstić information content (AvgIpc) is 2.66. The molecule has 3 rings (SSSR count). The molecule has 0 radical (unpaired) electrons. The number of benzene rings is 2. The monoisotopic (exact) mass is 331 g/mol. The number of nitro benzene ring substituents is 1. The molecule has 1 aliphatic rings. The summed E-state index contributed by atoms with van der Waals surface area (Å²) < 4.78 is 0. The third-order valence-electron chi connectivity index (χ3n) is 3.89. The standard InChI is InChI=1S/C16H14ClN3O3/c1-18-14-7-6-11(20(22)23)10-15(14)19(9-8-16(18)21)13-5-3-2-4-12(13)17/h2-7,10H,8-9H2,1H3. The van der Waals surface area contributed by atoms with Gasteiger partial charge in [-0.25, -0.2) is 0 Å². The first-order chi connectivity index (χ1) is 11.0. The van der Waals surface area contributed by atoms with Crippen molar-refractivity contribution in [2.45, 2.75) is 6.42 Å². The summed E-state index contributed by atoms with van der Waals surface area (Å²) in [5, 5.41) is 11.6. The third-order valence-corrected chi connectivity index (χ3v) is 4.21. The lowest BCUT2D eigenvalue weighted by Crippen LogP contribution is -2.25. The number of non-ortho nitro benzene ring substituents is 1. The number of halogens is 1. The van der Waals surface area contributed by atoms with Crippen molar-refractivity contribution in [3.05, 3.63) is 57.6 Å². The molecule has 118 valence electrons. The molecule has 2 aromatic rings. The molecule has 1 aliphatic heterocycles. The second kappa shape index (κ2) is 5.89. The Labute approximate surface area is 138 Å². The van der Waals surface area contributed by atoms with Crippen LogP contribution in [0.3, 0.4) is 0 Å². The van der Waals surface area contributed by atoms with Gasteiger partial charge < -0.3 is 9.80 Å². The van der Waals surface area contributed by atoms with E-state index in [0.29, 0.717) is 29.4 Å². The minimum absolute atomic E-state index is 0.0245. The Kier molecular flexibility index (Phi) is 3.92. The number of fused-ring (bicyclic) bond motifs is 1. The molecule has 0 fully saturated rings. The van der Waals surface area contributed by atoms with Crippen molar-refractivity contribution in [1.29, 1.82) is 0 Å². The number of carbonyl (C=O) groups excluding carboxylic acids is 1. The van der Waals surface area contributed by atoms with E-state index in [1.54, 1.807) is 19.2 Å². The summed E-state index contributed by atoms with van der Waals surface area (Å²) in [6, 6.07) is 11.7. The highest BCUT2D eigenvalue weighted by atomic mass is 35.5. The molecular weight excluding hydrogens is 318 g/mol. The second-order valence-electron chi connectivity index (χ2n) is 5.24. The number of nitrogens with zero attached hydrogens (tertiary/aromatic N) is 3. The van der Waals surface area contributed by atoms with E-state index in [2.05, 4.69) is 0 Å². The van der Waals surface area contributed by atoms with Crippen LogP contribution in [-0.4, -0.2) is 24.4 Å². The van der Waals surface area contributed by atoms with Gasteiger partial charge in [-0.05, 0) is 18.2 Å². The summed E-state index contributed by atoms with van der Waals surface area (Å²) in [7, 11) is 1.67. The Morgan fingerprint density at radius 3 is 2.57 bits per heavy atom. The first-order valence-electron chi connectivity index (χ1n) is 7.06. The van der Waals surface area contributed by atoms with E-state index in [0.717, 1.165) is 5.69 Å². The number of para-hydroxylation sites is 1. The normalized spacial score (nSPS) is 14.4. The molecule has 0 bridgehead atoms. The predicted molar refractivity (Wildman–Crippen MR) is 89.6 cm³/mol. The van der Waals surface area contributed by atoms with Crippen LogP contribution in [0.25, 0.3) is 0 Å². The van der Waals surface area contributed by atoms with Crippen LogP contribution in [-0.2, 0) is 4.79 Å². The van der Waals surface area contributed by atoms with Gasteiger partial charge in [0.05, 0.1) is 27.0 Å². The van der Waals surface area contributed by atoms with Gasteiger partial charge in [-0.1, -0.05) is 23.7 Å². The number of rotatable bonds is 2. The van der Waals surface area contributed by atoms with E-state index in [1.807, 2.05) is 23.1 Å². The van der Waals surface area contributed by atoms with Crippen molar-refractivity contribution in [2.75, 3.05) is 23.4 Å². The van der Waals surface area contributed by atoms with Gasteiger partial charge >= 0.3 is 0 Å². The molecule has 1 heterocycles. The lowest BCUT2D eigenvalue weighted by molar-refractivity contribution is -0.384. The van der Waals surface area contributed by atoms with Crippen LogP contribution in [0.1, 0.15) is 6.42 Å². The molecule has 0 spiro atoms. The third kappa shape index (κ3) is 2.73. The Bertz CT molecular complexity index is 794. The maximum Gasteiger partial charge on any atom is 0.271 e. The first-order valence-corrected chi connectivity index (χ1v) is 7.44. The van der Waals surface area contributed by atoms with Crippen molar-refractivity contribution < 1.29 is 9.72 Å². The quantitative estimate of drug-likeness (QED) is 0.621. The van der Waals surface area contributed by atoms with E-state index >= 15 is 0 Å². The molecule has 7 heteroatoms. The van der Waals surface area contributed by atoms with Crippen LogP contribution in [0, 0.1) is 10.1 Å². The number of nitro groups is 1. The van der Waals surface area contributed by atoms with Gasteiger partial charge in [0.2, 0.25) is 5.91 Å². The lowest BCUT2D eigenvalue weighted by atomic mass is 10.2. The molecule has 0 saturated carbocycles. The number of carbonyl (C=O) groups is 1. The molecular formula is C16H14ClN3O3. The van der Waals surface area contributed by atoms with Crippen molar-refractivity contribution in [1.82, 2.24) is 0 Å². The Morgan fingerprint density at radius 1 is 1.13 bits per heavy atom. The molecule has 6 nitrogen and oxygen atoms in total. The molecule has 1 amide bonds. The number of hydrogen-bond donors (Lipinski definition) is 0. The SMILES string of the molecule is CN1C(=O)CCN(c2ccccc2Cl)c2cc([N+](=O)[O-])ccc21. The number of amides is 1. The average molecular weight is 332 g/mol. The molecule has 0 N–H and O–H groups in total. The zero-order valence-electron chi connectivity index (χ0n) is 12.4. The van der Waals surface area contributed by atoms with Crippen LogP contribution in [0.2, 0.25) is 5.02 Å². The Hall–Kier alpha value is -2.60. The number of anilines is 3. The Balaban J connectivity index is 2.21. The van der Waals surface area contributed by atoms with Gasteiger partial charge in [-0.15, -0.1) is 0 Å². The van der Waals surface area contributed by atoms with Gasteiger partial charge in [0.25, 0.3) is 5.69 Å². The fraction of sp³-hybridized carbons (Fsp3) is 0.188. The van der Waals surface area contributed by atoms with E-state index in [1.165, 1.54) is 17.0 Å². The summed E-state index contributed by atoms with van der Waals surface area (Å²) in [4.78, 5) is 26.2. The highest BCUT2D eigenvalue weighted by Crippen LogP contribution is 2.41. The summed E-state index contributed by atoms with van der Waals surface area (Å²) in [6.07, 6.45) is 0.296.